The van der Waals surface area contributed by atoms with Gasteiger partial charge in [0.2, 0.25) is 0 Å². The first-order chi connectivity index (χ1) is 10.6. The van der Waals surface area contributed by atoms with Crippen molar-refractivity contribution in [3.8, 4) is 5.13 Å². The Bertz CT molecular complexity index is 654. The van der Waals surface area contributed by atoms with Crippen LogP contribution >= 0.6 is 11.3 Å². The molecule has 0 bridgehead atoms. The topological polar surface area (TPSA) is 64.2 Å². The lowest BCUT2D eigenvalue weighted by atomic mass is 9.96. The molecule has 2 N–H and O–H groups in total. The Morgan fingerprint density at radius 1 is 1.41 bits per heavy atom. The molecular weight excluding hydrogens is 296 g/mol. The van der Waals surface area contributed by atoms with E-state index < -0.39 is 0 Å². The molecule has 1 aliphatic heterocycles. The molecule has 6 heteroatoms. The maximum atomic E-state index is 12.8. The molecule has 2 aromatic heterocycles. The summed E-state index contributed by atoms with van der Waals surface area (Å²) in [5.74, 6) is 0.693. The van der Waals surface area contributed by atoms with Crippen LogP contribution in [0.25, 0.3) is 5.13 Å². The molecule has 0 atom stereocenters. The molecule has 0 saturated carbocycles. The third-order valence-corrected chi connectivity index (χ3v) is 5.26. The van der Waals surface area contributed by atoms with E-state index in [1.807, 2.05) is 30.2 Å². The average Bonchev–Trinajstić information content (AvgIpc) is 3.14. The van der Waals surface area contributed by atoms with Crippen LogP contribution in [0, 0.1) is 19.8 Å². The van der Waals surface area contributed by atoms with Gasteiger partial charge in [0.15, 0.2) is 5.13 Å². The normalized spacial score (nSPS) is 16.2. The number of hydrogen-bond acceptors (Lipinski definition) is 4. The number of rotatable bonds is 3. The molecular formula is C16H22N4OS. The lowest BCUT2D eigenvalue weighted by Gasteiger charge is -2.31. The van der Waals surface area contributed by atoms with Crippen LogP contribution in [0.2, 0.25) is 0 Å². The molecule has 3 heterocycles. The lowest BCUT2D eigenvalue weighted by Crippen LogP contribution is -2.40. The number of thiazole rings is 1. The van der Waals surface area contributed by atoms with Crippen LogP contribution in [0.5, 0.6) is 0 Å². The van der Waals surface area contributed by atoms with E-state index in [9.17, 15) is 4.79 Å². The Labute approximate surface area is 134 Å². The summed E-state index contributed by atoms with van der Waals surface area (Å²) >= 11 is 1.58. The van der Waals surface area contributed by atoms with Gasteiger partial charge < -0.3 is 10.6 Å². The minimum absolute atomic E-state index is 0.131. The van der Waals surface area contributed by atoms with Crippen molar-refractivity contribution in [2.75, 3.05) is 19.6 Å². The summed E-state index contributed by atoms with van der Waals surface area (Å²) in [6.45, 7) is 6.35. The molecule has 0 spiro atoms. The average molecular weight is 318 g/mol. The standard InChI is InChI=1S/C16H22N4OS/c1-11-9-14(12(2)20(11)16-18-5-8-22-16)15(21)19-6-3-13(10-17)4-7-19/h5,8-9,13H,3-4,6-7,10,17H2,1-2H3. The maximum Gasteiger partial charge on any atom is 0.255 e. The third-order valence-electron chi connectivity index (χ3n) is 4.51. The Kier molecular flexibility index (Phi) is 4.31. The zero-order valence-corrected chi connectivity index (χ0v) is 13.9. The smallest absolute Gasteiger partial charge is 0.255 e. The van der Waals surface area contributed by atoms with E-state index in [-0.39, 0.29) is 5.91 Å². The molecule has 1 amide bonds. The van der Waals surface area contributed by atoms with E-state index in [2.05, 4.69) is 9.55 Å². The van der Waals surface area contributed by atoms with Gasteiger partial charge in [-0.2, -0.15) is 0 Å². The Morgan fingerprint density at radius 3 is 2.73 bits per heavy atom. The van der Waals surface area contributed by atoms with Gasteiger partial charge in [0, 0.05) is 36.1 Å². The molecule has 2 aromatic rings. The summed E-state index contributed by atoms with van der Waals surface area (Å²) in [4.78, 5) is 19.1. The highest BCUT2D eigenvalue weighted by Crippen LogP contribution is 2.25. The summed E-state index contributed by atoms with van der Waals surface area (Å²) in [5, 5.41) is 2.86. The second kappa shape index (κ2) is 6.22. The molecule has 1 saturated heterocycles. The van der Waals surface area contributed by atoms with Crippen LogP contribution in [0.1, 0.15) is 34.6 Å². The van der Waals surface area contributed by atoms with Gasteiger partial charge in [-0.05, 0) is 45.2 Å². The van der Waals surface area contributed by atoms with E-state index in [0.29, 0.717) is 5.92 Å². The molecule has 0 unspecified atom stereocenters. The molecule has 5 nitrogen and oxygen atoms in total. The van der Waals surface area contributed by atoms with Gasteiger partial charge in [-0.25, -0.2) is 4.98 Å². The van der Waals surface area contributed by atoms with Gasteiger partial charge in [-0.15, -0.1) is 11.3 Å². The van der Waals surface area contributed by atoms with Gasteiger partial charge >= 0.3 is 0 Å². The van der Waals surface area contributed by atoms with Gasteiger partial charge in [-0.1, -0.05) is 0 Å². The third kappa shape index (κ3) is 2.68. The summed E-state index contributed by atoms with van der Waals surface area (Å²) in [6, 6.07) is 1.98. The van der Waals surface area contributed by atoms with E-state index in [0.717, 1.165) is 54.6 Å². The van der Waals surface area contributed by atoms with Gasteiger partial charge in [0.05, 0.1) is 5.56 Å². The second-order valence-corrected chi connectivity index (χ2v) is 6.78. The molecule has 22 heavy (non-hydrogen) atoms. The zero-order valence-electron chi connectivity index (χ0n) is 13.1. The number of hydrogen-bond donors (Lipinski definition) is 1. The monoisotopic (exact) mass is 318 g/mol. The molecule has 3 rings (SSSR count). The number of aromatic nitrogens is 2. The summed E-state index contributed by atoms with van der Waals surface area (Å²) in [5.41, 5.74) is 8.53. The maximum absolute atomic E-state index is 12.8. The van der Waals surface area contributed by atoms with Crippen molar-refractivity contribution in [3.63, 3.8) is 0 Å². The molecule has 1 aliphatic rings. The summed E-state index contributed by atoms with van der Waals surface area (Å²) in [6.07, 6.45) is 3.80. The number of piperidine rings is 1. The molecule has 0 radical (unpaired) electrons. The van der Waals surface area contributed by atoms with Crippen molar-refractivity contribution in [2.24, 2.45) is 11.7 Å². The number of aryl methyl sites for hydroxylation is 1. The first-order valence-corrected chi connectivity index (χ1v) is 8.58. The fraction of sp³-hybridized carbons (Fsp3) is 0.500. The fourth-order valence-electron chi connectivity index (χ4n) is 3.14. The zero-order chi connectivity index (χ0) is 15.7. The first-order valence-electron chi connectivity index (χ1n) is 7.70. The van der Waals surface area contributed by atoms with Crippen molar-refractivity contribution >= 4 is 17.2 Å². The summed E-state index contributed by atoms with van der Waals surface area (Å²) < 4.78 is 2.06. The summed E-state index contributed by atoms with van der Waals surface area (Å²) in [7, 11) is 0. The van der Waals surface area contributed by atoms with E-state index in [4.69, 9.17) is 5.73 Å². The van der Waals surface area contributed by atoms with Gasteiger partial charge in [-0.3, -0.25) is 9.36 Å². The number of carbonyl (C=O) groups excluding carboxylic acids is 1. The highest BCUT2D eigenvalue weighted by Gasteiger charge is 2.26. The van der Waals surface area contributed by atoms with Crippen LogP contribution in [0.3, 0.4) is 0 Å². The van der Waals surface area contributed by atoms with E-state index >= 15 is 0 Å². The van der Waals surface area contributed by atoms with Crippen LogP contribution in [-0.4, -0.2) is 40.0 Å². The number of carbonyl (C=O) groups is 1. The van der Waals surface area contributed by atoms with Crippen molar-refractivity contribution in [2.45, 2.75) is 26.7 Å². The van der Waals surface area contributed by atoms with Gasteiger partial charge in [0.1, 0.15) is 0 Å². The Balaban J connectivity index is 1.84. The number of nitrogens with two attached hydrogens (primary N) is 1. The number of amides is 1. The first kappa shape index (κ1) is 15.2. The molecule has 0 aromatic carbocycles. The van der Waals surface area contributed by atoms with Crippen LogP contribution < -0.4 is 5.73 Å². The molecule has 0 aliphatic carbocycles. The predicted octanol–water partition coefficient (Wildman–Crippen LogP) is 2.36. The quantitative estimate of drug-likeness (QED) is 0.945. The fourth-order valence-corrected chi connectivity index (χ4v) is 3.89. The van der Waals surface area contributed by atoms with Crippen LogP contribution in [-0.2, 0) is 0 Å². The van der Waals surface area contributed by atoms with Crippen LogP contribution in [0.15, 0.2) is 17.6 Å². The molecule has 118 valence electrons. The van der Waals surface area contributed by atoms with E-state index in [1.54, 1.807) is 17.5 Å². The van der Waals surface area contributed by atoms with Gasteiger partial charge in [0.25, 0.3) is 5.91 Å². The van der Waals surface area contributed by atoms with Crippen molar-refractivity contribution in [1.82, 2.24) is 14.5 Å². The van der Waals surface area contributed by atoms with E-state index in [1.165, 1.54) is 0 Å². The minimum Gasteiger partial charge on any atom is -0.339 e. The number of nitrogens with zero attached hydrogens (tertiary/aromatic N) is 3. The SMILES string of the molecule is Cc1cc(C(=O)N2CCC(CN)CC2)c(C)n1-c1nccs1. The molecule has 1 fully saturated rings. The van der Waals surface area contributed by atoms with Crippen molar-refractivity contribution in [3.05, 3.63) is 34.6 Å². The highest BCUT2D eigenvalue weighted by molar-refractivity contribution is 7.12. The Hall–Kier alpha value is -1.66. The second-order valence-electron chi connectivity index (χ2n) is 5.91. The minimum atomic E-state index is 0.131. The predicted molar refractivity (Wildman–Crippen MR) is 88.6 cm³/mol. The van der Waals surface area contributed by atoms with Crippen molar-refractivity contribution < 1.29 is 4.79 Å². The lowest BCUT2D eigenvalue weighted by molar-refractivity contribution is 0.0692. The Morgan fingerprint density at radius 2 is 2.14 bits per heavy atom. The van der Waals surface area contributed by atoms with Crippen molar-refractivity contribution in [1.29, 1.82) is 0 Å². The highest BCUT2D eigenvalue weighted by atomic mass is 32.1. The number of likely N-dealkylation sites (tertiary alicyclic amines) is 1. The van der Waals surface area contributed by atoms with Crippen LogP contribution in [0.4, 0.5) is 0 Å². The largest absolute Gasteiger partial charge is 0.339 e.